The Balaban J connectivity index is 1.76. The number of carbonyl (C=O) groups excluding carboxylic acids is 1. The van der Waals surface area contributed by atoms with Gasteiger partial charge in [-0.2, -0.15) is 0 Å². The highest BCUT2D eigenvalue weighted by atomic mass is 32.2. The molecule has 0 radical (unpaired) electrons. The first kappa shape index (κ1) is 26.3. The zero-order valence-corrected chi connectivity index (χ0v) is 20.6. The van der Waals surface area contributed by atoms with Gasteiger partial charge in [-0.05, 0) is 69.0 Å². The van der Waals surface area contributed by atoms with Crippen LogP contribution in [0.4, 0.5) is 4.39 Å². The topological polar surface area (TPSA) is 113 Å². The molecule has 1 aliphatic rings. The van der Waals surface area contributed by atoms with Crippen LogP contribution in [-0.2, 0) is 19.4 Å². The van der Waals surface area contributed by atoms with Crippen molar-refractivity contribution in [3.05, 3.63) is 75.6 Å². The number of hydrogen-bond donors (Lipinski definition) is 0. The van der Waals surface area contributed by atoms with E-state index in [0.717, 1.165) is 6.92 Å². The van der Waals surface area contributed by atoms with E-state index in [1.807, 2.05) is 0 Å². The van der Waals surface area contributed by atoms with Gasteiger partial charge >= 0.3 is 10.8 Å². The molecular weight excluding hydrogens is 477 g/mol. The summed E-state index contributed by atoms with van der Waals surface area (Å²) in [5.74, 6) is -2.02. The number of esters is 1. The number of sulfone groups is 1. The molecule has 1 fully saturated rings. The Morgan fingerprint density at radius 2 is 1.91 bits per heavy atom. The standard InChI is InChI=1S/C25H28FNO7S/c1-4-33-24(28)17(2)14-18-10-13-23(22(26)15-18)34-20-12-11-19(16-20)25(3,27(29)30)35(31,32)21-8-6-5-7-9-21/h5-10,13-15,19-20H,4,11-12,16H2,1-3H3/b17-14+/t19?,20-,25+/m0/s1. The SMILES string of the molecule is CCOC(=O)/C(C)=C/c1ccc(O[C@H]2CCC([C@](C)([N+](=O)[O-])S(=O)(=O)c3ccccc3)C2)c(F)c1. The average Bonchev–Trinajstić information content (AvgIpc) is 3.29. The number of nitrogens with zero attached hydrogens (tertiary/aromatic N) is 1. The van der Waals surface area contributed by atoms with Crippen LogP contribution in [0.1, 0.15) is 45.6 Å². The number of ether oxygens (including phenoxy) is 2. The van der Waals surface area contributed by atoms with E-state index in [9.17, 15) is 27.7 Å². The Morgan fingerprint density at radius 1 is 1.23 bits per heavy atom. The van der Waals surface area contributed by atoms with E-state index in [0.29, 0.717) is 17.6 Å². The lowest BCUT2D eigenvalue weighted by atomic mass is 9.99. The molecule has 0 N–H and O–H groups in total. The molecule has 2 aromatic carbocycles. The molecule has 8 nitrogen and oxygen atoms in total. The van der Waals surface area contributed by atoms with Crippen LogP contribution in [0.25, 0.3) is 6.08 Å². The second-order valence-electron chi connectivity index (χ2n) is 8.62. The van der Waals surface area contributed by atoms with E-state index >= 15 is 0 Å². The van der Waals surface area contributed by atoms with Crippen molar-refractivity contribution in [1.29, 1.82) is 0 Å². The van der Waals surface area contributed by atoms with Gasteiger partial charge in [0, 0.05) is 23.3 Å². The lowest BCUT2D eigenvalue weighted by Gasteiger charge is -2.27. The van der Waals surface area contributed by atoms with E-state index < -0.39 is 43.4 Å². The second kappa shape index (κ2) is 10.6. The molecule has 2 aromatic rings. The largest absolute Gasteiger partial charge is 0.487 e. The molecule has 0 saturated heterocycles. The van der Waals surface area contributed by atoms with E-state index in [2.05, 4.69) is 0 Å². The molecular formula is C25H28FNO7S. The Labute approximate surface area is 203 Å². The van der Waals surface area contributed by atoms with Gasteiger partial charge in [-0.15, -0.1) is 0 Å². The van der Waals surface area contributed by atoms with Crippen LogP contribution in [0.15, 0.2) is 59.0 Å². The summed E-state index contributed by atoms with van der Waals surface area (Å²) < 4.78 is 51.8. The highest BCUT2D eigenvalue weighted by Crippen LogP contribution is 2.43. The third kappa shape index (κ3) is 5.37. The normalized spacial score (nSPS) is 20.2. The third-order valence-electron chi connectivity index (χ3n) is 6.33. The highest BCUT2D eigenvalue weighted by Gasteiger charge is 2.59. The maximum Gasteiger partial charge on any atom is 0.333 e. The van der Waals surface area contributed by atoms with Crippen molar-refractivity contribution in [2.45, 2.75) is 55.9 Å². The van der Waals surface area contributed by atoms with Gasteiger partial charge in [0.25, 0.3) is 0 Å². The average molecular weight is 506 g/mol. The van der Waals surface area contributed by atoms with Crippen molar-refractivity contribution in [3.63, 3.8) is 0 Å². The van der Waals surface area contributed by atoms with Crippen molar-refractivity contribution < 1.29 is 32.0 Å². The van der Waals surface area contributed by atoms with E-state index in [4.69, 9.17) is 9.47 Å². The lowest BCUT2D eigenvalue weighted by Crippen LogP contribution is -2.49. The summed E-state index contributed by atoms with van der Waals surface area (Å²) in [6.07, 6.45) is 1.60. The summed E-state index contributed by atoms with van der Waals surface area (Å²) in [5.41, 5.74) is 0.761. The first-order chi connectivity index (χ1) is 16.5. The number of carbonyl (C=O) groups is 1. The van der Waals surface area contributed by atoms with Crippen LogP contribution >= 0.6 is 0 Å². The summed E-state index contributed by atoms with van der Waals surface area (Å²) in [6, 6.07) is 11.6. The number of halogens is 1. The van der Waals surface area contributed by atoms with Crippen LogP contribution in [0.2, 0.25) is 0 Å². The minimum atomic E-state index is -4.29. The number of benzene rings is 2. The van der Waals surface area contributed by atoms with Gasteiger partial charge in [0.15, 0.2) is 11.6 Å². The molecule has 0 aliphatic heterocycles. The van der Waals surface area contributed by atoms with Gasteiger partial charge in [-0.1, -0.05) is 24.3 Å². The Bertz CT molecular complexity index is 1230. The number of nitro groups is 1. The molecule has 0 amide bonds. The summed E-state index contributed by atoms with van der Waals surface area (Å²) in [6.45, 7) is 4.62. The minimum Gasteiger partial charge on any atom is -0.487 e. The fraction of sp³-hybridized carbons (Fsp3) is 0.400. The Morgan fingerprint density at radius 3 is 2.51 bits per heavy atom. The van der Waals surface area contributed by atoms with Crippen molar-refractivity contribution >= 4 is 21.9 Å². The van der Waals surface area contributed by atoms with E-state index in [-0.39, 0.29) is 30.1 Å². The van der Waals surface area contributed by atoms with Gasteiger partial charge < -0.3 is 9.47 Å². The summed E-state index contributed by atoms with van der Waals surface area (Å²) in [5, 5.41) is 12.0. The Kier molecular flexibility index (Phi) is 7.94. The fourth-order valence-electron chi connectivity index (χ4n) is 4.27. The van der Waals surface area contributed by atoms with Crippen LogP contribution in [0.5, 0.6) is 5.75 Å². The van der Waals surface area contributed by atoms with E-state index in [1.165, 1.54) is 42.5 Å². The van der Waals surface area contributed by atoms with Crippen LogP contribution < -0.4 is 4.74 Å². The molecule has 0 aromatic heterocycles. The predicted molar refractivity (Wildman–Crippen MR) is 127 cm³/mol. The van der Waals surface area contributed by atoms with Gasteiger partial charge in [-0.25, -0.2) is 17.6 Å². The number of hydrogen-bond acceptors (Lipinski definition) is 7. The first-order valence-corrected chi connectivity index (χ1v) is 12.7. The fourth-order valence-corrected chi connectivity index (χ4v) is 6.12. The smallest absolute Gasteiger partial charge is 0.333 e. The molecule has 188 valence electrons. The molecule has 1 saturated carbocycles. The maximum absolute atomic E-state index is 14.7. The molecule has 3 rings (SSSR count). The quantitative estimate of drug-likeness (QED) is 0.208. The predicted octanol–water partition coefficient (Wildman–Crippen LogP) is 4.81. The molecule has 0 bridgehead atoms. The van der Waals surface area contributed by atoms with Crippen molar-refractivity contribution in [1.82, 2.24) is 0 Å². The molecule has 35 heavy (non-hydrogen) atoms. The van der Waals surface area contributed by atoms with Crippen LogP contribution in [0.3, 0.4) is 0 Å². The van der Waals surface area contributed by atoms with Gasteiger partial charge in [-0.3, -0.25) is 10.1 Å². The molecule has 0 spiro atoms. The zero-order chi connectivity index (χ0) is 25.8. The van der Waals surface area contributed by atoms with Gasteiger partial charge in [0.05, 0.1) is 17.6 Å². The third-order valence-corrected chi connectivity index (χ3v) is 8.80. The maximum atomic E-state index is 14.7. The Hall–Kier alpha value is -3.27. The van der Waals surface area contributed by atoms with Crippen LogP contribution in [0, 0.1) is 21.8 Å². The molecule has 3 atom stereocenters. The molecule has 1 unspecified atom stereocenters. The first-order valence-electron chi connectivity index (χ1n) is 11.3. The lowest BCUT2D eigenvalue weighted by molar-refractivity contribution is -0.546. The molecule has 1 aliphatic carbocycles. The zero-order valence-electron chi connectivity index (χ0n) is 19.8. The summed E-state index contributed by atoms with van der Waals surface area (Å²) >= 11 is 0. The van der Waals surface area contributed by atoms with E-state index in [1.54, 1.807) is 26.0 Å². The second-order valence-corrected chi connectivity index (χ2v) is 10.9. The van der Waals surface area contributed by atoms with Gasteiger partial charge in [0.1, 0.15) is 0 Å². The minimum absolute atomic E-state index is 0.0460. The summed E-state index contributed by atoms with van der Waals surface area (Å²) in [4.78, 5) is 20.7. The van der Waals surface area contributed by atoms with Crippen molar-refractivity contribution in [2.75, 3.05) is 6.61 Å². The van der Waals surface area contributed by atoms with Crippen LogP contribution in [-0.4, -0.2) is 36.9 Å². The van der Waals surface area contributed by atoms with Crippen molar-refractivity contribution in [3.8, 4) is 5.75 Å². The van der Waals surface area contributed by atoms with Crippen molar-refractivity contribution in [2.24, 2.45) is 5.92 Å². The van der Waals surface area contributed by atoms with Gasteiger partial charge in [0.2, 0.25) is 9.84 Å². The summed E-state index contributed by atoms with van der Waals surface area (Å²) in [7, 11) is -4.29. The highest BCUT2D eigenvalue weighted by molar-refractivity contribution is 7.92. The monoisotopic (exact) mass is 505 g/mol. The molecule has 0 heterocycles. The number of rotatable bonds is 9. The molecule has 10 heteroatoms.